The van der Waals surface area contributed by atoms with E-state index in [0.29, 0.717) is 28.7 Å². The minimum atomic E-state index is 0.0517. The smallest absolute Gasteiger partial charge is 0.227 e. The molecule has 0 spiro atoms. The fraction of sp³-hybridized carbons (Fsp3) is 0.533. The van der Waals surface area contributed by atoms with E-state index in [0.717, 1.165) is 26.1 Å². The minimum Gasteiger partial charge on any atom is -0.395 e. The van der Waals surface area contributed by atoms with E-state index in [4.69, 9.17) is 28.3 Å². The van der Waals surface area contributed by atoms with Gasteiger partial charge in [-0.3, -0.25) is 9.69 Å². The highest BCUT2D eigenvalue weighted by Gasteiger charge is 2.20. The lowest BCUT2D eigenvalue weighted by Crippen LogP contribution is -2.36. The maximum atomic E-state index is 12.4. The standard InChI is InChI=1S/C15H20Cl2N2O2/c16-13-3-1-4-14(17)12(13)11-15(21)19-6-2-5-18(7-8-19)9-10-20/h1,3-4,20H,2,5-11H2. The summed E-state index contributed by atoms with van der Waals surface area (Å²) in [6, 6.07) is 5.28. The summed E-state index contributed by atoms with van der Waals surface area (Å²) in [6.45, 7) is 3.95. The molecule has 1 saturated heterocycles. The number of aliphatic hydroxyl groups excluding tert-OH is 1. The molecule has 21 heavy (non-hydrogen) atoms. The summed E-state index contributed by atoms with van der Waals surface area (Å²) in [5.41, 5.74) is 0.697. The first kappa shape index (κ1) is 16.6. The first-order chi connectivity index (χ1) is 10.1. The summed E-state index contributed by atoms with van der Waals surface area (Å²) in [4.78, 5) is 16.5. The molecule has 1 aromatic carbocycles. The van der Waals surface area contributed by atoms with Crippen LogP contribution in [0.5, 0.6) is 0 Å². The largest absolute Gasteiger partial charge is 0.395 e. The van der Waals surface area contributed by atoms with E-state index in [1.807, 2.05) is 4.90 Å². The van der Waals surface area contributed by atoms with Gasteiger partial charge in [0.25, 0.3) is 0 Å². The van der Waals surface area contributed by atoms with Crippen LogP contribution in [0.3, 0.4) is 0 Å². The van der Waals surface area contributed by atoms with E-state index in [2.05, 4.69) is 4.90 Å². The lowest BCUT2D eigenvalue weighted by Gasteiger charge is -2.22. The molecule has 6 heteroatoms. The molecule has 0 aromatic heterocycles. The molecule has 1 aliphatic rings. The monoisotopic (exact) mass is 330 g/mol. The zero-order valence-corrected chi connectivity index (χ0v) is 13.4. The van der Waals surface area contributed by atoms with Crippen molar-refractivity contribution in [1.29, 1.82) is 0 Å². The zero-order chi connectivity index (χ0) is 15.2. The molecule has 2 rings (SSSR count). The zero-order valence-electron chi connectivity index (χ0n) is 11.9. The molecule has 0 saturated carbocycles. The van der Waals surface area contributed by atoms with E-state index in [1.165, 1.54) is 0 Å². The lowest BCUT2D eigenvalue weighted by molar-refractivity contribution is -0.130. The van der Waals surface area contributed by atoms with Crippen molar-refractivity contribution >= 4 is 29.1 Å². The van der Waals surface area contributed by atoms with E-state index in [-0.39, 0.29) is 18.9 Å². The first-order valence-electron chi connectivity index (χ1n) is 7.15. The average molecular weight is 331 g/mol. The summed E-state index contributed by atoms with van der Waals surface area (Å²) in [6.07, 6.45) is 1.15. The molecule has 0 unspecified atom stereocenters. The van der Waals surface area contributed by atoms with E-state index in [9.17, 15) is 4.79 Å². The highest BCUT2D eigenvalue weighted by Crippen LogP contribution is 2.25. The van der Waals surface area contributed by atoms with Gasteiger partial charge in [-0.2, -0.15) is 0 Å². The summed E-state index contributed by atoms with van der Waals surface area (Å²) in [5, 5.41) is 10.1. The van der Waals surface area contributed by atoms with Gasteiger partial charge in [0.15, 0.2) is 0 Å². The molecular formula is C15H20Cl2N2O2. The Morgan fingerprint density at radius 2 is 1.86 bits per heavy atom. The van der Waals surface area contributed by atoms with Crippen molar-refractivity contribution in [3.8, 4) is 0 Å². The normalized spacial score (nSPS) is 16.8. The third kappa shape index (κ3) is 4.58. The highest BCUT2D eigenvalue weighted by atomic mass is 35.5. The van der Waals surface area contributed by atoms with Crippen molar-refractivity contribution < 1.29 is 9.90 Å². The Balaban J connectivity index is 1.97. The first-order valence-corrected chi connectivity index (χ1v) is 7.91. The molecule has 4 nitrogen and oxygen atoms in total. The molecule has 0 atom stereocenters. The van der Waals surface area contributed by atoms with Crippen molar-refractivity contribution in [3.63, 3.8) is 0 Å². The predicted molar refractivity (Wildman–Crippen MR) is 84.9 cm³/mol. The maximum absolute atomic E-state index is 12.4. The van der Waals surface area contributed by atoms with Gasteiger partial charge in [0.05, 0.1) is 13.0 Å². The van der Waals surface area contributed by atoms with Gasteiger partial charge in [-0.1, -0.05) is 29.3 Å². The van der Waals surface area contributed by atoms with Gasteiger partial charge in [-0.25, -0.2) is 0 Å². The van der Waals surface area contributed by atoms with Gasteiger partial charge in [0, 0.05) is 36.2 Å². The van der Waals surface area contributed by atoms with Crippen LogP contribution < -0.4 is 0 Å². The number of nitrogens with zero attached hydrogens (tertiary/aromatic N) is 2. The minimum absolute atomic E-state index is 0.0517. The maximum Gasteiger partial charge on any atom is 0.227 e. The average Bonchev–Trinajstić information content (AvgIpc) is 2.69. The predicted octanol–water partition coefficient (Wildman–Crippen LogP) is 2.06. The fourth-order valence-electron chi connectivity index (χ4n) is 2.55. The molecule has 1 N–H and O–H groups in total. The molecule has 1 amide bonds. The molecule has 116 valence electrons. The van der Waals surface area contributed by atoms with E-state index < -0.39 is 0 Å². The second kappa shape index (κ2) is 7.99. The Morgan fingerprint density at radius 1 is 1.14 bits per heavy atom. The van der Waals surface area contributed by atoms with Gasteiger partial charge in [0.1, 0.15) is 0 Å². The number of halogens is 2. The summed E-state index contributed by atoms with van der Waals surface area (Å²) in [7, 11) is 0. The second-order valence-electron chi connectivity index (χ2n) is 5.18. The van der Waals surface area contributed by atoms with Gasteiger partial charge >= 0.3 is 0 Å². The molecular weight excluding hydrogens is 311 g/mol. The van der Waals surface area contributed by atoms with Crippen LogP contribution in [0.2, 0.25) is 10.0 Å². The Bertz CT molecular complexity index is 476. The van der Waals surface area contributed by atoms with Crippen LogP contribution in [-0.2, 0) is 11.2 Å². The number of hydrogen-bond donors (Lipinski definition) is 1. The topological polar surface area (TPSA) is 43.8 Å². The van der Waals surface area contributed by atoms with Crippen LogP contribution in [-0.4, -0.2) is 60.1 Å². The van der Waals surface area contributed by atoms with Crippen molar-refractivity contribution in [2.45, 2.75) is 12.8 Å². The van der Waals surface area contributed by atoms with Gasteiger partial charge < -0.3 is 10.0 Å². The van der Waals surface area contributed by atoms with Crippen molar-refractivity contribution in [2.24, 2.45) is 0 Å². The van der Waals surface area contributed by atoms with E-state index >= 15 is 0 Å². The number of hydrogen-bond acceptors (Lipinski definition) is 3. The second-order valence-corrected chi connectivity index (χ2v) is 5.99. The molecule has 1 fully saturated rings. The lowest BCUT2D eigenvalue weighted by atomic mass is 10.1. The number of aliphatic hydroxyl groups is 1. The van der Waals surface area contributed by atoms with Crippen molar-refractivity contribution in [3.05, 3.63) is 33.8 Å². The number of rotatable bonds is 4. The summed E-state index contributed by atoms with van der Waals surface area (Å²) < 4.78 is 0. The number of carbonyl (C=O) groups excluding carboxylic acids is 1. The van der Waals surface area contributed by atoms with Crippen molar-refractivity contribution in [2.75, 3.05) is 39.3 Å². The molecule has 0 radical (unpaired) electrons. The molecule has 0 aliphatic carbocycles. The van der Waals surface area contributed by atoms with Crippen LogP contribution in [0.1, 0.15) is 12.0 Å². The van der Waals surface area contributed by atoms with Crippen LogP contribution >= 0.6 is 23.2 Å². The van der Waals surface area contributed by atoms with Crippen molar-refractivity contribution in [1.82, 2.24) is 9.80 Å². The fourth-order valence-corrected chi connectivity index (χ4v) is 3.08. The Labute approximate surface area is 135 Å². The Kier molecular flexibility index (Phi) is 6.30. The molecule has 1 heterocycles. The van der Waals surface area contributed by atoms with Gasteiger partial charge in [0.2, 0.25) is 5.91 Å². The highest BCUT2D eigenvalue weighted by molar-refractivity contribution is 6.36. The van der Waals surface area contributed by atoms with Crippen LogP contribution in [0.25, 0.3) is 0 Å². The quantitative estimate of drug-likeness (QED) is 0.919. The molecule has 1 aliphatic heterocycles. The molecule has 0 bridgehead atoms. The Hall–Kier alpha value is -0.810. The molecule has 1 aromatic rings. The number of carbonyl (C=O) groups is 1. The third-order valence-corrected chi connectivity index (χ3v) is 4.46. The third-order valence-electron chi connectivity index (χ3n) is 3.75. The van der Waals surface area contributed by atoms with Gasteiger partial charge in [-0.15, -0.1) is 0 Å². The number of β-amino-alcohol motifs (C(OH)–C–C–N with tert-alkyl or cyclic N) is 1. The number of benzene rings is 1. The van der Waals surface area contributed by atoms with E-state index in [1.54, 1.807) is 18.2 Å². The summed E-state index contributed by atoms with van der Waals surface area (Å²) >= 11 is 12.2. The van der Waals surface area contributed by atoms with Gasteiger partial charge in [-0.05, 0) is 30.7 Å². The van der Waals surface area contributed by atoms with Crippen LogP contribution in [0.15, 0.2) is 18.2 Å². The van der Waals surface area contributed by atoms with Crippen LogP contribution in [0.4, 0.5) is 0 Å². The van der Waals surface area contributed by atoms with Crippen LogP contribution in [0, 0.1) is 0 Å². The number of amides is 1. The SMILES string of the molecule is O=C(Cc1c(Cl)cccc1Cl)N1CCCN(CCO)CC1. The summed E-state index contributed by atoms with van der Waals surface area (Å²) in [5.74, 6) is 0.0517. The Morgan fingerprint density at radius 3 is 2.52 bits per heavy atom.